The van der Waals surface area contributed by atoms with E-state index >= 15 is 0 Å². The number of anilines is 1. The predicted molar refractivity (Wildman–Crippen MR) is 130 cm³/mol. The number of carbonyl (C=O) groups excluding carboxylic acids is 1. The van der Waals surface area contributed by atoms with E-state index in [0.29, 0.717) is 12.8 Å². The molecule has 0 fully saturated rings. The van der Waals surface area contributed by atoms with Crippen LogP contribution >= 0.6 is 11.8 Å². The Hall–Kier alpha value is -3.32. The summed E-state index contributed by atoms with van der Waals surface area (Å²) in [6.07, 6.45) is 2.99. The molecule has 0 saturated carbocycles. The molecule has 6 nitrogen and oxygen atoms in total. The standard InChI is InChI=1S/C25H26N4O2S/c1-16-20(12-13-25(30)27-18-8-7-9-19(14-18)32-4)17(2)29-24(26-16)15-22(28-29)21-10-5-6-11-23(21)31-3/h5-11,14-15H,12-13H2,1-4H3,(H,27,30). The van der Waals surface area contributed by atoms with Crippen LogP contribution in [0, 0.1) is 13.8 Å². The molecule has 4 rings (SSSR count). The fraction of sp³-hybridized carbons (Fsp3) is 0.240. The van der Waals surface area contributed by atoms with Gasteiger partial charge in [-0.15, -0.1) is 11.8 Å². The van der Waals surface area contributed by atoms with Crippen molar-refractivity contribution in [2.24, 2.45) is 0 Å². The molecule has 4 aromatic rings. The van der Waals surface area contributed by atoms with E-state index in [1.54, 1.807) is 18.9 Å². The van der Waals surface area contributed by atoms with E-state index in [2.05, 4.69) is 5.32 Å². The Kier molecular flexibility index (Phi) is 6.46. The highest BCUT2D eigenvalue weighted by atomic mass is 32.2. The molecule has 32 heavy (non-hydrogen) atoms. The lowest BCUT2D eigenvalue weighted by Gasteiger charge is -2.11. The lowest BCUT2D eigenvalue weighted by atomic mass is 10.1. The van der Waals surface area contributed by atoms with Crippen molar-refractivity contribution in [1.82, 2.24) is 14.6 Å². The molecule has 0 aliphatic heterocycles. The van der Waals surface area contributed by atoms with Gasteiger partial charge in [0.1, 0.15) is 5.75 Å². The molecule has 7 heteroatoms. The van der Waals surface area contributed by atoms with Crippen LogP contribution in [-0.2, 0) is 11.2 Å². The third kappa shape index (κ3) is 4.48. The molecule has 0 unspecified atom stereocenters. The zero-order valence-corrected chi connectivity index (χ0v) is 19.5. The van der Waals surface area contributed by atoms with Gasteiger partial charge in [0.05, 0.1) is 12.8 Å². The number of amides is 1. The van der Waals surface area contributed by atoms with Crippen LogP contribution in [0.3, 0.4) is 0 Å². The largest absolute Gasteiger partial charge is 0.496 e. The maximum Gasteiger partial charge on any atom is 0.224 e. The van der Waals surface area contributed by atoms with Crippen LogP contribution in [0.4, 0.5) is 5.69 Å². The zero-order valence-electron chi connectivity index (χ0n) is 18.7. The summed E-state index contributed by atoms with van der Waals surface area (Å²) in [5.74, 6) is 0.755. The molecule has 0 radical (unpaired) electrons. The SMILES string of the molecule is COc1ccccc1-c1cc2nc(C)c(CCC(=O)Nc3cccc(SC)c3)c(C)n2n1. The minimum absolute atomic E-state index is 0.0164. The van der Waals surface area contributed by atoms with Gasteiger partial charge in [-0.3, -0.25) is 4.79 Å². The summed E-state index contributed by atoms with van der Waals surface area (Å²) in [7, 11) is 1.66. The summed E-state index contributed by atoms with van der Waals surface area (Å²) in [5.41, 5.74) is 6.28. The van der Waals surface area contributed by atoms with Crippen molar-refractivity contribution in [1.29, 1.82) is 0 Å². The Morgan fingerprint density at radius 1 is 1.12 bits per heavy atom. The molecule has 0 aliphatic rings. The third-order valence-electron chi connectivity index (χ3n) is 5.50. The molecule has 1 amide bonds. The van der Waals surface area contributed by atoms with Gasteiger partial charge >= 0.3 is 0 Å². The maximum absolute atomic E-state index is 12.6. The summed E-state index contributed by atoms with van der Waals surface area (Å²) in [5, 5.41) is 7.77. The maximum atomic E-state index is 12.6. The highest BCUT2D eigenvalue weighted by molar-refractivity contribution is 7.98. The molecular formula is C25H26N4O2S. The van der Waals surface area contributed by atoms with Gasteiger partial charge in [-0.25, -0.2) is 9.50 Å². The van der Waals surface area contributed by atoms with Crippen molar-refractivity contribution in [2.45, 2.75) is 31.6 Å². The summed E-state index contributed by atoms with van der Waals surface area (Å²) >= 11 is 1.65. The number of aromatic nitrogens is 3. The molecule has 0 saturated heterocycles. The van der Waals surface area contributed by atoms with E-state index in [1.165, 1.54) is 0 Å². The fourth-order valence-electron chi connectivity index (χ4n) is 3.84. The summed E-state index contributed by atoms with van der Waals surface area (Å²) in [4.78, 5) is 18.4. The number of hydrogen-bond donors (Lipinski definition) is 1. The predicted octanol–water partition coefficient (Wildman–Crippen LogP) is 5.31. The summed E-state index contributed by atoms with van der Waals surface area (Å²) < 4.78 is 7.34. The number of thioether (sulfide) groups is 1. The summed E-state index contributed by atoms with van der Waals surface area (Å²) in [6, 6.07) is 17.6. The van der Waals surface area contributed by atoms with Gasteiger partial charge in [-0.2, -0.15) is 5.10 Å². The number of para-hydroxylation sites is 1. The van der Waals surface area contributed by atoms with Crippen LogP contribution in [0.5, 0.6) is 5.75 Å². The highest BCUT2D eigenvalue weighted by Gasteiger charge is 2.16. The Balaban J connectivity index is 1.56. The van der Waals surface area contributed by atoms with E-state index in [0.717, 1.165) is 50.2 Å². The number of benzene rings is 2. The van der Waals surface area contributed by atoms with Gasteiger partial charge in [-0.1, -0.05) is 18.2 Å². The molecule has 0 bridgehead atoms. The van der Waals surface area contributed by atoms with E-state index < -0.39 is 0 Å². The molecule has 164 valence electrons. The molecule has 2 heterocycles. The second-order valence-electron chi connectivity index (χ2n) is 7.54. The Morgan fingerprint density at radius 3 is 2.72 bits per heavy atom. The van der Waals surface area contributed by atoms with Gasteiger partial charge in [0.25, 0.3) is 0 Å². The van der Waals surface area contributed by atoms with Crippen LogP contribution in [0.2, 0.25) is 0 Å². The monoisotopic (exact) mass is 446 g/mol. The first kappa shape index (κ1) is 21.9. The number of nitrogens with one attached hydrogen (secondary N) is 1. The lowest BCUT2D eigenvalue weighted by molar-refractivity contribution is -0.116. The quantitative estimate of drug-likeness (QED) is 0.389. The van der Waals surface area contributed by atoms with Crippen molar-refractivity contribution in [3.05, 3.63) is 71.5 Å². The molecular weight excluding hydrogens is 420 g/mol. The van der Waals surface area contributed by atoms with Gasteiger partial charge in [0, 0.05) is 40.0 Å². The average Bonchev–Trinajstić information content (AvgIpc) is 3.23. The second kappa shape index (κ2) is 9.44. The zero-order chi connectivity index (χ0) is 22.7. The van der Waals surface area contributed by atoms with Gasteiger partial charge < -0.3 is 10.1 Å². The second-order valence-corrected chi connectivity index (χ2v) is 8.42. The first-order valence-electron chi connectivity index (χ1n) is 10.4. The average molecular weight is 447 g/mol. The van der Waals surface area contributed by atoms with E-state index in [-0.39, 0.29) is 5.91 Å². The van der Waals surface area contributed by atoms with Crippen molar-refractivity contribution in [3.8, 4) is 17.0 Å². The number of ether oxygens (including phenoxy) is 1. The number of rotatable bonds is 7. The smallest absolute Gasteiger partial charge is 0.224 e. The number of fused-ring (bicyclic) bond motifs is 1. The minimum atomic E-state index is -0.0164. The molecule has 0 atom stereocenters. The molecule has 1 N–H and O–H groups in total. The van der Waals surface area contributed by atoms with Crippen molar-refractivity contribution in [2.75, 3.05) is 18.7 Å². The van der Waals surface area contributed by atoms with Crippen LogP contribution in [0.15, 0.2) is 59.5 Å². The number of nitrogens with zero attached hydrogens (tertiary/aromatic N) is 3. The number of methoxy groups -OCH3 is 1. The Morgan fingerprint density at radius 2 is 1.94 bits per heavy atom. The van der Waals surface area contributed by atoms with Gasteiger partial charge in [0.15, 0.2) is 5.65 Å². The van der Waals surface area contributed by atoms with Crippen LogP contribution in [-0.4, -0.2) is 33.9 Å². The normalized spacial score (nSPS) is 11.0. The van der Waals surface area contributed by atoms with E-state index in [9.17, 15) is 4.79 Å². The molecule has 0 spiro atoms. The van der Waals surface area contributed by atoms with Crippen LogP contribution < -0.4 is 10.1 Å². The highest BCUT2D eigenvalue weighted by Crippen LogP contribution is 2.30. The van der Waals surface area contributed by atoms with Crippen LogP contribution in [0.25, 0.3) is 16.9 Å². The van der Waals surface area contributed by atoms with Gasteiger partial charge in [0.2, 0.25) is 5.91 Å². The molecule has 2 aromatic heterocycles. The molecule has 2 aromatic carbocycles. The molecule has 0 aliphatic carbocycles. The first-order valence-corrected chi connectivity index (χ1v) is 11.7. The minimum Gasteiger partial charge on any atom is -0.496 e. The number of carbonyl (C=O) groups is 1. The number of aryl methyl sites for hydroxylation is 2. The Labute approximate surface area is 192 Å². The van der Waals surface area contributed by atoms with Crippen molar-refractivity contribution < 1.29 is 9.53 Å². The van der Waals surface area contributed by atoms with Crippen molar-refractivity contribution in [3.63, 3.8) is 0 Å². The summed E-state index contributed by atoms with van der Waals surface area (Å²) in [6.45, 7) is 4.01. The van der Waals surface area contributed by atoms with Crippen molar-refractivity contribution >= 4 is 29.0 Å². The lowest BCUT2D eigenvalue weighted by Crippen LogP contribution is -2.14. The number of hydrogen-bond acceptors (Lipinski definition) is 5. The third-order valence-corrected chi connectivity index (χ3v) is 6.23. The van der Waals surface area contributed by atoms with E-state index in [1.807, 2.05) is 79.2 Å². The van der Waals surface area contributed by atoms with E-state index in [4.69, 9.17) is 14.8 Å². The Bertz CT molecular complexity index is 1280. The fourth-order valence-corrected chi connectivity index (χ4v) is 4.30. The van der Waals surface area contributed by atoms with Crippen LogP contribution in [0.1, 0.15) is 23.4 Å². The topological polar surface area (TPSA) is 68.5 Å². The first-order chi connectivity index (χ1) is 15.5. The van der Waals surface area contributed by atoms with Gasteiger partial charge in [-0.05, 0) is 62.4 Å².